The van der Waals surface area contributed by atoms with Gasteiger partial charge in [-0.25, -0.2) is 4.98 Å². The Bertz CT molecular complexity index is 574. The van der Waals surface area contributed by atoms with E-state index < -0.39 is 5.54 Å². The van der Waals surface area contributed by atoms with Gasteiger partial charge in [0.05, 0.1) is 27.5 Å². The second kappa shape index (κ2) is 5.53. The molecule has 0 fully saturated rings. The number of H-pyrrole nitrogens is 1. The van der Waals surface area contributed by atoms with Crippen LogP contribution in [-0.2, 0) is 5.54 Å². The second-order valence-electron chi connectivity index (χ2n) is 4.64. The van der Waals surface area contributed by atoms with Gasteiger partial charge in [0.2, 0.25) is 0 Å². The quantitative estimate of drug-likeness (QED) is 0.881. The molecule has 0 unspecified atom stereocenters. The van der Waals surface area contributed by atoms with Crippen LogP contribution in [-0.4, -0.2) is 9.97 Å². The number of rotatable bonds is 4. The zero-order valence-corrected chi connectivity index (χ0v) is 12.5. The first-order valence-corrected chi connectivity index (χ1v) is 7.05. The summed E-state index contributed by atoms with van der Waals surface area (Å²) in [6.45, 7) is 4.12. The number of benzene rings is 1. The fourth-order valence-corrected chi connectivity index (χ4v) is 2.27. The smallest absolute Gasteiger partial charge is 0.126 e. The van der Waals surface area contributed by atoms with Crippen LogP contribution in [0.15, 0.2) is 24.4 Å². The summed E-state index contributed by atoms with van der Waals surface area (Å²) < 4.78 is 0. The van der Waals surface area contributed by atoms with Crippen molar-refractivity contribution in [2.24, 2.45) is 5.73 Å². The molecule has 0 saturated carbocycles. The zero-order chi connectivity index (χ0) is 14.0. The summed E-state index contributed by atoms with van der Waals surface area (Å²) in [6, 6.07) is 5.49. The van der Waals surface area contributed by atoms with Gasteiger partial charge in [0, 0.05) is 5.56 Å². The number of aromatic amines is 1. The van der Waals surface area contributed by atoms with Gasteiger partial charge in [-0.3, -0.25) is 0 Å². The standard InChI is InChI=1S/C14H17Cl2N3/c1-3-14(17,4-2)13-18-8-12(19-13)9-5-6-10(15)11(16)7-9/h5-8H,3-4,17H2,1-2H3,(H,18,19). The molecule has 0 bridgehead atoms. The van der Waals surface area contributed by atoms with Crippen molar-refractivity contribution in [3.05, 3.63) is 40.3 Å². The van der Waals surface area contributed by atoms with Gasteiger partial charge in [-0.2, -0.15) is 0 Å². The lowest BCUT2D eigenvalue weighted by Crippen LogP contribution is -2.36. The van der Waals surface area contributed by atoms with Crippen LogP contribution in [0.2, 0.25) is 10.0 Å². The Labute approximate surface area is 123 Å². The Morgan fingerprint density at radius 1 is 1.21 bits per heavy atom. The van der Waals surface area contributed by atoms with Gasteiger partial charge < -0.3 is 10.7 Å². The lowest BCUT2D eigenvalue weighted by molar-refractivity contribution is 0.391. The van der Waals surface area contributed by atoms with Crippen LogP contribution in [0.4, 0.5) is 0 Å². The Hall–Kier alpha value is -1.03. The van der Waals surface area contributed by atoms with Crippen molar-refractivity contribution < 1.29 is 0 Å². The molecule has 2 rings (SSSR count). The van der Waals surface area contributed by atoms with Crippen molar-refractivity contribution in [2.45, 2.75) is 32.2 Å². The molecule has 2 aromatic rings. The predicted octanol–water partition coefficient (Wildman–Crippen LogP) is 4.36. The van der Waals surface area contributed by atoms with Gasteiger partial charge in [0.1, 0.15) is 5.82 Å². The van der Waals surface area contributed by atoms with Crippen molar-refractivity contribution in [1.29, 1.82) is 0 Å². The van der Waals surface area contributed by atoms with E-state index in [2.05, 4.69) is 23.8 Å². The topological polar surface area (TPSA) is 54.7 Å². The number of hydrogen-bond donors (Lipinski definition) is 2. The van der Waals surface area contributed by atoms with Gasteiger partial charge in [-0.1, -0.05) is 43.1 Å². The number of nitrogens with zero attached hydrogens (tertiary/aromatic N) is 1. The minimum atomic E-state index is -0.408. The SMILES string of the molecule is CCC(N)(CC)c1ncc(-c2ccc(Cl)c(Cl)c2)[nH]1. The van der Waals surface area contributed by atoms with Crippen molar-refractivity contribution in [1.82, 2.24) is 9.97 Å². The molecule has 0 aliphatic carbocycles. The van der Waals surface area contributed by atoms with Crippen LogP contribution in [0.5, 0.6) is 0 Å². The average Bonchev–Trinajstić information content (AvgIpc) is 2.91. The molecule has 0 amide bonds. The molecule has 0 saturated heterocycles. The molecule has 1 aromatic heterocycles. The van der Waals surface area contributed by atoms with Crippen molar-refractivity contribution in [3.8, 4) is 11.3 Å². The maximum Gasteiger partial charge on any atom is 0.126 e. The molecule has 5 heteroatoms. The van der Waals surface area contributed by atoms with Gasteiger partial charge in [-0.05, 0) is 25.0 Å². The molecule has 3 N–H and O–H groups in total. The fourth-order valence-electron chi connectivity index (χ4n) is 1.97. The van der Waals surface area contributed by atoms with Crippen LogP contribution >= 0.6 is 23.2 Å². The fraction of sp³-hybridized carbons (Fsp3) is 0.357. The Kier molecular flexibility index (Phi) is 4.19. The Morgan fingerprint density at radius 2 is 1.89 bits per heavy atom. The molecule has 1 aromatic carbocycles. The van der Waals surface area contributed by atoms with Crippen LogP contribution < -0.4 is 5.73 Å². The van der Waals surface area contributed by atoms with Crippen LogP contribution in [0.3, 0.4) is 0 Å². The number of hydrogen-bond acceptors (Lipinski definition) is 2. The second-order valence-corrected chi connectivity index (χ2v) is 5.45. The lowest BCUT2D eigenvalue weighted by atomic mass is 9.93. The van der Waals surface area contributed by atoms with Gasteiger partial charge in [0.25, 0.3) is 0 Å². The van der Waals surface area contributed by atoms with Crippen molar-refractivity contribution in [2.75, 3.05) is 0 Å². The third-order valence-electron chi connectivity index (χ3n) is 3.54. The van der Waals surface area contributed by atoms with Crippen molar-refractivity contribution >= 4 is 23.2 Å². The van der Waals surface area contributed by atoms with Crippen molar-refractivity contribution in [3.63, 3.8) is 0 Å². The third kappa shape index (κ3) is 2.78. The summed E-state index contributed by atoms with van der Waals surface area (Å²) in [5, 5.41) is 1.07. The Balaban J connectivity index is 2.38. The number of nitrogens with one attached hydrogen (secondary N) is 1. The summed E-state index contributed by atoms with van der Waals surface area (Å²) in [4.78, 5) is 7.68. The van der Waals surface area contributed by atoms with Crippen LogP contribution in [0, 0.1) is 0 Å². The highest BCUT2D eigenvalue weighted by Crippen LogP contribution is 2.29. The summed E-state index contributed by atoms with van der Waals surface area (Å²) >= 11 is 11.9. The summed E-state index contributed by atoms with van der Waals surface area (Å²) in [7, 11) is 0. The van der Waals surface area contributed by atoms with E-state index in [1.807, 2.05) is 12.1 Å². The van der Waals surface area contributed by atoms with E-state index in [1.54, 1.807) is 12.3 Å². The molecule has 0 spiro atoms. The molecular formula is C14H17Cl2N3. The first-order valence-electron chi connectivity index (χ1n) is 6.30. The highest BCUT2D eigenvalue weighted by Gasteiger charge is 2.26. The van der Waals surface area contributed by atoms with E-state index in [4.69, 9.17) is 28.9 Å². The van der Waals surface area contributed by atoms with E-state index >= 15 is 0 Å². The normalized spacial score (nSPS) is 11.8. The van der Waals surface area contributed by atoms with Crippen LogP contribution in [0.1, 0.15) is 32.5 Å². The molecule has 0 atom stereocenters. The van der Waals surface area contributed by atoms with Gasteiger partial charge in [0.15, 0.2) is 0 Å². The molecule has 0 aliphatic rings. The van der Waals surface area contributed by atoms with E-state index in [0.717, 1.165) is 29.9 Å². The Morgan fingerprint density at radius 3 is 2.47 bits per heavy atom. The summed E-state index contributed by atoms with van der Waals surface area (Å²) in [6.07, 6.45) is 3.44. The molecule has 19 heavy (non-hydrogen) atoms. The third-order valence-corrected chi connectivity index (χ3v) is 4.28. The number of aromatic nitrogens is 2. The molecule has 0 aliphatic heterocycles. The predicted molar refractivity (Wildman–Crippen MR) is 80.5 cm³/mol. The van der Waals surface area contributed by atoms with Gasteiger partial charge in [-0.15, -0.1) is 0 Å². The number of halogens is 2. The molecule has 0 radical (unpaired) electrons. The summed E-state index contributed by atoms with van der Waals surface area (Å²) in [5.41, 5.74) is 7.75. The lowest BCUT2D eigenvalue weighted by Gasteiger charge is -2.23. The molecule has 102 valence electrons. The first kappa shape index (κ1) is 14.4. The summed E-state index contributed by atoms with van der Waals surface area (Å²) in [5.74, 6) is 0.804. The maximum absolute atomic E-state index is 6.32. The highest BCUT2D eigenvalue weighted by atomic mass is 35.5. The first-order chi connectivity index (χ1) is 9.00. The molecule has 3 nitrogen and oxygen atoms in total. The largest absolute Gasteiger partial charge is 0.340 e. The minimum absolute atomic E-state index is 0.408. The maximum atomic E-state index is 6.32. The van der Waals surface area contributed by atoms with Crippen LogP contribution in [0.25, 0.3) is 11.3 Å². The van der Waals surface area contributed by atoms with E-state index in [0.29, 0.717) is 10.0 Å². The molecular weight excluding hydrogens is 281 g/mol. The number of nitrogens with two attached hydrogens (primary N) is 1. The monoisotopic (exact) mass is 297 g/mol. The minimum Gasteiger partial charge on any atom is -0.340 e. The highest BCUT2D eigenvalue weighted by molar-refractivity contribution is 6.42. The number of imidazole rings is 1. The van der Waals surface area contributed by atoms with Gasteiger partial charge >= 0.3 is 0 Å². The zero-order valence-electron chi connectivity index (χ0n) is 11.0. The molecule has 1 heterocycles. The van der Waals surface area contributed by atoms with E-state index in [-0.39, 0.29) is 0 Å². The van der Waals surface area contributed by atoms with E-state index in [1.165, 1.54) is 0 Å². The average molecular weight is 298 g/mol. The van der Waals surface area contributed by atoms with E-state index in [9.17, 15) is 0 Å².